The zero-order valence-electron chi connectivity index (χ0n) is 17.3. The van der Waals surface area contributed by atoms with Crippen molar-refractivity contribution in [2.45, 2.75) is 10.8 Å². The lowest BCUT2D eigenvalue weighted by Crippen LogP contribution is -2.52. The van der Waals surface area contributed by atoms with Gasteiger partial charge in [-0.3, -0.25) is 10.8 Å². The largest absolute Gasteiger partial charge is 0.352 e. The number of alkyl halides is 1. The van der Waals surface area contributed by atoms with E-state index in [1.807, 2.05) is 9.24 Å². The highest BCUT2D eigenvalue weighted by Gasteiger charge is 2.28. The SMILES string of the molecule is CN(C)C(=O)N1CCN(c2c(F)c(S(=O)O)cc3c(C(=N)SC(=N)C(F)P)ccn23)CC1. The summed E-state index contributed by atoms with van der Waals surface area (Å²) < 4.78 is 51.6. The summed E-state index contributed by atoms with van der Waals surface area (Å²) in [7, 11) is 5.13. The first-order valence-corrected chi connectivity index (χ1v) is 12.0. The number of hydrogen-bond donors (Lipinski definition) is 3. The average molecular weight is 505 g/mol. The molecule has 2 aromatic heterocycles. The number of fused-ring (bicyclic) bond motifs is 1. The molecule has 1 aliphatic heterocycles. The van der Waals surface area contributed by atoms with Crippen LogP contribution >= 0.6 is 21.0 Å². The van der Waals surface area contributed by atoms with Crippen LogP contribution in [0.1, 0.15) is 5.56 Å². The summed E-state index contributed by atoms with van der Waals surface area (Å²) in [6.45, 7) is 1.28. The van der Waals surface area contributed by atoms with Gasteiger partial charge in [-0.1, -0.05) is 21.0 Å². The number of thioether (sulfide) groups is 1. The molecule has 0 spiro atoms. The number of hydrogen-bond acceptors (Lipinski definition) is 6. The topological polar surface area (TPSA) is 116 Å². The molecular formula is C18H23F2N6O3PS2. The second kappa shape index (κ2) is 9.82. The minimum absolute atomic E-state index is 0.0467. The monoisotopic (exact) mass is 504 g/mol. The van der Waals surface area contributed by atoms with Gasteiger partial charge in [0, 0.05) is 52.0 Å². The lowest BCUT2D eigenvalue weighted by molar-refractivity contribution is 0.167. The van der Waals surface area contributed by atoms with Crippen LogP contribution in [0, 0.1) is 16.6 Å². The molecule has 174 valence electrons. The van der Waals surface area contributed by atoms with Crippen molar-refractivity contribution in [3.05, 3.63) is 29.7 Å². The summed E-state index contributed by atoms with van der Waals surface area (Å²) in [6.07, 6.45) is 1.52. The number of nitrogens with one attached hydrogen (secondary N) is 2. The maximum absolute atomic E-state index is 15.3. The van der Waals surface area contributed by atoms with Crippen LogP contribution in [0.25, 0.3) is 5.52 Å². The Balaban J connectivity index is 2.01. The first-order valence-electron chi connectivity index (χ1n) is 9.43. The van der Waals surface area contributed by atoms with Gasteiger partial charge in [0.1, 0.15) is 15.0 Å². The Morgan fingerprint density at radius 3 is 2.47 bits per heavy atom. The zero-order chi connectivity index (χ0) is 23.7. The molecule has 0 radical (unpaired) electrons. The Morgan fingerprint density at radius 2 is 1.94 bits per heavy atom. The van der Waals surface area contributed by atoms with Gasteiger partial charge in [0.05, 0.1) is 5.52 Å². The van der Waals surface area contributed by atoms with E-state index >= 15 is 4.39 Å². The number of carbonyl (C=O) groups is 1. The maximum Gasteiger partial charge on any atom is 0.319 e. The molecule has 2 amide bonds. The van der Waals surface area contributed by atoms with Crippen molar-refractivity contribution in [1.82, 2.24) is 14.2 Å². The van der Waals surface area contributed by atoms with Crippen LogP contribution in [-0.4, -0.2) is 85.3 Å². The smallest absolute Gasteiger partial charge is 0.319 e. The Bertz CT molecular complexity index is 1100. The summed E-state index contributed by atoms with van der Waals surface area (Å²) in [5, 5.41) is 15.4. The Labute approximate surface area is 192 Å². The molecule has 3 heterocycles. The third kappa shape index (κ3) is 4.80. The predicted molar refractivity (Wildman–Crippen MR) is 126 cm³/mol. The normalized spacial score (nSPS) is 16.2. The molecule has 0 saturated carbocycles. The molecule has 2 aromatic rings. The van der Waals surface area contributed by atoms with Gasteiger partial charge in [0.25, 0.3) is 0 Å². The quantitative estimate of drug-likeness (QED) is 0.256. The van der Waals surface area contributed by atoms with E-state index in [4.69, 9.17) is 10.8 Å². The summed E-state index contributed by atoms with van der Waals surface area (Å²) in [4.78, 5) is 16.5. The Hall–Kier alpha value is -2.08. The number of amides is 2. The molecular weight excluding hydrogens is 481 g/mol. The standard InChI is InChI=1S/C18H23F2N6O3PS2/c1-23(2)18(27)25-7-5-24(6-8-25)17-13(19)12(32(28)29)9-11-10(3-4-26(11)17)15(21)31-16(22)14(20)30/h3-4,9,14,21-22H,5-8,30H2,1-2H3,(H,28,29). The molecule has 3 atom stereocenters. The molecule has 0 bridgehead atoms. The van der Waals surface area contributed by atoms with Crippen LogP contribution in [0.5, 0.6) is 0 Å². The third-order valence-corrected chi connectivity index (χ3v) is 7.08. The molecule has 32 heavy (non-hydrogen) atoms. The van der Waals surface area contributed by atoms with Crippen molar-refractivity contribution in [3.8, 4) is 0 Å². The van der Waals surface area contributed by atoms with E-state index in [1.165, 1.54) is 27.6 Å². The van der Waals surface area contributed by atoms with E-state index in [1.54, 1.807) is 23.9 Å². The molecule has 1 saturated heterocycles. The number of aromatic nitrogens is 1. The van der Waals surface area contributed by atoms with E-state index in [9.17, 15) is 17.9 Å². The van der Waals surface area contributed by atoms with Crippen LogP contribution < -0.4 is 4.90 Å². The number of urea groups is 1. The maximum atomic E-state index is 15.3. The summed E-state index contributed by atoms with van der Waals surface area (Å²) in [5.41, 5.74) is 0.565. The van der Waals surface area contributed by atoms with Crippen LogP contribution in [-0.2, 0) is 11.1 Å². The summed E-state index contributed by atoms with van der Waals surface area (Å²) in [5.74, 6) is -2.44. The number of nitrogens with zero attached hydrogens (tertiary/aromatic N) is 4. The number of piperazine rings is 1. The summed E-state index contributed by atoms with van der Waals surface area (Å²) in [6, 6.07) is 2.55. The first kappa shape index (κ1) is 24.6. The highest BCUT2D eigenvalue weighted by atomic mass is 32.2. The van der Waals surface area contributed by atoms with E-state index in [0.29, 0.717) is 37.9 Å². The molecule has 1 aliphatic rings. The predicted octanol–water partition coefficient (Wildman–Crippen LogP) is 2.67. The number of anilines is 1. The van der Waals surface area contributed by atoms with Crippen molar-refractivity contribution >= 4 is 59.5 Å². The Morgan fingerprint density at radius 1 is 1.31 bits per heavy atom. The second-order valence-corrected chi connectivity index (χ2v) is 9.80. The molecule has 3 N–H and O–H groups in total. The van der Waals surface area contributed by atoms with Gasteiger partial charge in [0.2, 0.25) is 0 Å². The van der Waals surface area contributed by atoms with Crippen LogP contribution in [0.15, 0.2) is 23.2 Å². The molecule has 14 heteroatoms. The number of halogens is 2. The molecule has 1 fully saturated rings. The molecule has 0 aliphatic carbocycles. The van der Waals surface area contributed by atoms with Crippen LogP contribution in [0.3, 0.4) is 0 Å². The van der Waals surface area contributed by atoms with Crippen LogP contribution in [0.4, 0.5) is 19.4 Å². The fraction of sp³-hybridized carbons (Fsp3) is 0.389. The molecule has 9 nitrogen and oxygen atoms in total. The van der Waals surface area contributed by atoms with Gasteiger partial charge in [-0.05, 0) is 12.1 Å². The number of pyridine rings is 1. The van der Waals surface area contributed by atoms with E-state index < -0.39 is 27.7 Å². The van der Waals surface area contributed by atoms with E-state index in [2.05, 4.69) is 0 Å². The minimum atomic E-state index is -2.62. The van der Waals surface area contributed by atoms with Gasteiger partial charge < -0.3 is 23.7 Å². The van der Waals surface area contributed by atoms with Gasteiger partial charge in [-0.25, -0.2) is 17.8 Å². The van der Waals surface area contributed by atoms with Gasteiger partial charge in [-0.15, -0.1) is 0 Å². The lowest BCUT2D eigenvalue weighted by atomic mass is 10.2. The van der Waals surface area contributed by atoms with Gasteiger partial charge in [0.15, 0.2) is 28.6 Å². The lowest BCUT2D eigenvalue weighted by Gasteiger charge is -2.37. The minimum Gasteiger partial charge on any atom is -0.352 e. The van der Waals surface area contributed by atoms with E-state index in [0.717, 1.165) is 0 Å². The first-order chi connectivity index (χ1) is 15.0. The molecule has 3 unspecified atom stereocenters. The van der Waals surface area contributed by atoms with Crippen molar-refractivity contribution in [1.29, 1.82) is 10.8 Å². The van der Waals surface area contributed by atoms with Gasteiger partial charge >= 0.3 is 6.03 Å². The van der Waals surface area contributed by atoms with Gasteiger partial charge in [-0.2, -0.15) is 0 Å². The third-order valence-electron chi connectivity index (χ3n) is 4.96. The second-order valence-electron chi connectivity index (χ2n) is 7.23. The fourth-order valence-corrected chi connectivity index (χ4v) is 4.68. The van der Waals surface area contributed by atoms with E-state index in [-0.39, 0.29) is 33.0 Å². The highest BCUT2D eigenvalue weighted by molar-refractivity contribution is 8.27. The number of rotatable bonds is 4. The molecule has 0 aromatic carbocycles. The molecule has 3 rings (SSSR count). The Kier molecular flexibility index (Phi) is 7.53. The highest BCUT2D eigenvalue weighted by Crippen LogP contribution is 2.32. The van der Waals surface area contributed by atoms with Crippen molar-refractivity contribution in [3.63, 3.8) is 0 Å². The summed E-state index contributed by atoms with van der Waals surface area (Å²) >= 11 is -2.02. The van der Waals surface area contributed by atoms with Crippen LogP contribution in [0.2, 0.25) is 0 Å². The van der Waals surface area contributed by atoms with Crippen molar-refractivity contribution in [2.75, 3.05) is 45.2 Å². The number of carbonyl (C=O) groups excluding carboxylic acids is 1. The van der Waals surface area contributed by atoms with Crippen molar-refractivity contribution < 1.29 is 22.3 Å². The zero-order valence-corrected chi connectivity index (χ0v) is 20.1. The average Bonchev–Trinajstić information content (AvgIpc) is 3.16. The van der Waals surface area contributed by atoms with Crippen molar-refractivity contribution in [2.24, 2.45) is 0 Å². The fourth-order valence-electron chi connectivity index (χ4n) is 3.40.